The van der Waals surface area contributed by atoms with E-state index in [1.807, 2.05) is 10.6 Å². The highest BCUT2D eigenvalue weighted by Gasteiger charge is 2.14. The van der Waals surface area contributed by atoms with Crippen molar-refractivity contribution < 1.29 is 5.11 Å². The number of rotatable bonds is 5. The number of aliphatic hydroxyl groups excluding tert-OH is 1. The predicted molar refractivity (Wildman–Crippen MR) is 70.2 cm³/mol. The van der Waals surface area contributed by atoms with Gasteiger partial charge in [-0.25, -0.2) is 4.98 Å². The lowest BCUT2D eigenvalue weighted by atomic mass is 10.1. The topological polar surface area (TPSA) is 38.0 Å². The van der Waals surface area contributed by atoms with Crippen molar-refractivity contribution in [2.45, 2.75) is 38.8 Å². The Balaban J connectivity index is 1.99. The normalized spacial score (nSPS) is 13.2. The van der Waals surface area contributed by atoms with E-state index in [1.165, 1.54) is 4.88 Å². The highest BCUT2D eigenvalue weighted by atomic mass is 32.1. The number of aromatic nitrogens is 2. The summed E-state index contributed by atoms with van der Waals surface area (Å²) in [6.45, 7) is 4.19. The van der Waals surface area contributed by atoms with Gasteiger partial charge in [0.15, 0.2) is 0 Å². The van der Waals surface area contributed by atoms with Crippen LogP contribution < -0.4 is 0 Å². The molecule has 1 atom stereocenters. The van der Waals surface area contributed by atoms with Gasteiger partial charge in [-0.2, -0.15) is 0 Å². The molecule has 0 saturated heterocycles. The minimum atomic E-state index is -0.429. The zero-order valence-electron chi connectivity index (χ0n) is 10.2. The molecule has 0 saturated carbocycles. The average Bonchev–Trinajstić information content (AvgIpc) is 2.96. The Morgan fingerprint density at radius 3 is 2.94 bits per heavy atom. The van der Waals surface area contributed by atoms with E-state index in [-0.39, 0.29) is 0 Å². The maximum atomic E-state index is 10.2. The molecule has 0 radical (unpaired) electrons. The van der Waals surface area contributed by atoms with Crippen LogP contribution in [-0.2, 0) is 6.42 Å². The van der Waals surface area contributed by atoms with E-state index in [0.29, 0.717) is 6.04 Å². The van der Waals surface area contributed by atoms with Gasteiger partial charge in [0.1, 0.15) is 0 Å². The Bertz CT molecular complexity index is 448. The zero-order valence-corrected chi connectivity index (χ0v) is 11.0. The standard InChI is InChI=1S/C13H18N2OS/c1-10(2)15-9-14-8-12(15)13(16)6-5-11-4-3-7-17-11/h3-4,7-10,13,16H,5-6H2,1-2H3. The van der Waals surface area contributed by atoms with Crippen molar-refractivity contribution in [2.75, 3.05) is 0 Å². The lowest BCUT2D eigenvalue weighted by Crippen LogP contribution is -2.09. The lowest BCUT2D eigenvalue weighted by Gasteiger charge is -2.16. The van der Waals surface area contributed by atoms with Crippen molar-refractivity contribution in [3.8, 4) is 0 Å². The zero-order chi connectivity index (χ0) is 12.3. The van der Waals surface area contributed by atoms with Crippen molar-refractivity contribution in [1.82, 2.24) is 9.55 Å². The molecule has 17 heavy (non-hydrogen) atoms. The maximum Gasteiger partial charge on any atom is 0.0959 e. The van der Waals surface area contributed by atoms with Crippen LogP contribution in [-0.4, -0.2) is 14.7 Å². The number of nitrogens with zero attached hydrogens (tertiary/aromatic N) is 2. The third-order valence-corrected chi connectivity index (χ3v) is 3.77. The van der Waals surface area contributed by atoms with E-state index in [2.05, 4.69) is 30.3 Å². The third-order valence-electron chi connectivity index (χ3n) is 2.84. The molecular formula is C13H18N2OS. The van der Waals surface area contributed by atoms with Gasteiger partial charge in [0.2, 0.25) is 0 Å². The van der Waals surface area contributed by atoms with Gasteiger partial charge in [0.25, 0.3) is 0 Å². The number of imidazole rings is 1. The van der Waals surface area contributed by atoms with Crippen LogP contribution in [0.3, 0.4) is 0 Å². The van der Waals surface area contributed by atoms with Gasteiger partial charge in [-0.3, -0.25) is 0 Å². The molecule has 2 rings (SSSR count). The molecule has 0 spiro atoms. The third kappa shape index (κ3) is 2.96. The number of aryl methyl sites for hydroxylation is 1. The van der Waals surface area contributed by atoms with E-state index in [0.717, 1.165) is 18.5 Å². The summed E-state index contributed by atoms with van der Waals surface area (Å²) < 4.78 is 2.03. The highest BCUT2D eigenvalue weighted by molar-refractivity contribution is 7.09. The summed E-state index contributed by atoms with van der Waals surface area (Å²) in [5.41, 5.74) is 0.913. The summed E-state index contributed by atoms with van der Waals surface area (Å²) in [7, 11) is 0. The molecule has 4 heteroatoms. The van der Waals surface area contributed by atoms with E-state index < -0.39 is 6.10 Å². The SMILES string of the molecule is CC(C)n1cncc1C(O)CCc1cccs1. The second-order valence-electron chi connectivity index (χ2n) is 4.45. The minimum Gasteiger partial charge on any atom is -0.387 e. The molecule has 0 bridgehead atoms. The van der Waals surface area contributed by atoms with Crippen molar-refractivity contribution in [3.05, 3.63) is 40.6 Å². The van der Waals surface area contributed by atoms with Crippen LogP contribution in [0.4, 0.5) is 0 Å². The van der Waals surface area contributed by atoms with Gasteiger partial charge in [-0.15, -0.1) is 11.3 Å². The summed E-state index contributed by atoms with van der Waals surface area (Å²) in [5.74, 6) is 0. The Kier molecular flexibility index (Phi) is 3.97. The maximum absolute atomic E-state index is 10.2. The fraction of sp³-hybridized carbons (Fsp3) is 0.462. The van der Waals surface area contributed by atoms with Gasteiger partial charge >= 0.3 is 0 Å². The molecule has 0 aliphatic rings. The van der Waals surface area contributed by atoms with Crippen molar-refractivity contribution in [3.63, 3.8) is 0 Å². The quantitative estimate of drug-likeness (QED) is 0.885. The first-order valence-electron chi connectivity index (χ1n) is 5.90. The van der Waals surface area contributed by atoms with Crippen LogP contribution in [0.2, 0.25) is 0 Å². The second kappa shape index (κ2) is 5.47. The first kappa shape index (κ1) is 12.3. The van der Waals surface area contributed by atoms with E-state index in [1.54, 1.807) is 23.9 Å². The summed E-state index contributed by atoms with van der Waals surface area (Å²) in [6.07, 6.45) is 4.79. The van der Waals surface area contributed by atoms with E-state index >= 15 is 0 Å². The Hall–Kier alpha value is -1.13. The monoisotopic (exact) mass is 250 g/mol. The number of aliphatic hydroxyl groups is 1. The molecule has 2 aromatic rings. The number of hydrogen-bond donors (Lipinski definition) is 1. The van der Waals surface area contributed by atoms with Crippen LogP contribution in [0, 0.1) is 0 Å². The van der Waals surface area contributed by atoms with E-state index in [4.69, 9.17) is 0 Å². The van der Waals surface area contributed by atoms with Crippen LogP contribution >= 0.6 is 11.3 Å². The molecule has 0 fully saturated rings. The molecule has 0 aliphatic carbocycles. The Labute approximate surface area is 106 Å². The molecule has 2 heterocycles. The Morgan fingerprint density at radius 2 is 2.29 bits per heavy atom. The molecule has 0 aromatic carbocycles. The molecule has 0 amide bonds. The van der Waals surface area contributed by atoms with Gasteiger partial charge in [0.05, 0.1) is 24.3 Å². The largest absolute Gasteiger partial charge is 0.387 e. The van der Waals surface area contributed by atoms with E-state index in [9.17, 15) is 5.11 Å². The highest BCUT2D eigenvalue weighted by Crippen LogP contribution is 2.22. The summed E-state index contributed by atoms with van der Waals surface area (Å²) in [4.78, 5) is 5.43. The van der Waals surface area contributed by atoms with Crippen LogP contribution in [0.5, 0.6) is 0 Å². The van der Waals surface area contributed by atoms with Crippen LogP contribution in [0.15, 0.2) is 30.0 Å². The summed E-state index contributed by atoms with van der Waals surface area (Å²) in [6, 6.07) is 4.49. The minimum absolute atomic E-state index is 0.337. The molecule has 2 aromatic heterocycles. The number of thiophene rings is 1. The first-order chi connectivity index (χ1) is 8.18. The average molecular weight is 250 g/mol. The van der Waals surface area contributed by atoms with Crippen LogP contribution in [0.25, 0.3) is 0 Å². The molecule has 1 N–H and O–H groups in total. The lowest BCUT2D eigenvalue weighted by molar-refractivity contribution is 0.157. The summed E-state index contributed by atoms with van der Waals surface area (Å²) >= 11 is 1.74. The molecule has 0 aliphatic heterocycles. The van der Waals surface area contributed by atoms with Crippen molar-refractivity contribution in [2.24, 2.45) is 0 Å². The fourth-order valence-electron chi connectivity index (χ4n) is 1.89. The van der Waals surface area contributed by atoms with Crippen LogP contribution in [0.1, 0.15) is 43.0 Å². The van der Waals surface area contributed by atoms with Crippen molar-refractivity contribution in [1.29, 1.82) is 0 Å². The van der Waals surface area contributed by atoms with Crippen molar-refractivity contribution >= 4 is 11.3 Å². The van der Waals surface area contributed by atoms with Gasteiger partial charge in [-0.1, -0.05) is 6.07 Å². The molecule has 1 unspecified atom stereocenters. The second-order valence-corrected chi connectivity index (χ2v) is 5.49. The number of hydrogen-bond acceptors (Lipinski definition) is 3. The summed E-state index contributed by atoms with van der Waals surface area (Å²) in [5, 5.41) is 12.3. The molecular weight excluding hydrogens is 232 g/mol. The molecule has 92 valence electrons. The van der Waals surface area contributed by atoms with Gasteiger partial charge < -0.3 is 9.67 Å². The Morgan fingerprint density at radius 1 is 1.47 bits per heavy atom. The fourth-order valence-corrected chi connectivity index (χ4v) is 2.61. The van der Waals surface area contributed by atoms with Gasteiger partial charge in [-0.05, 0) is 38.1 Å². The van der Waals surface area contributed by atoms with Gasteiger partial charge in [0, 0.05) is 10.9 Å². The predicted octanol–water partition coefficient (Wildman–Crippen LogP) is 3.19. The smallest absolute Gasteiger partial charge is 0.0959 e. The first-order valence-corrected chi connectivity index (χ1v) is 6.78. The molecule has 3 nitrogen and oxygen atoms in total.